The number of pyridine rings is 1. The molecule has 0 saturated heterocycles. The Kier molecular flexibility index (Phi) is 3.55. The third-order valence-electron chi connectivity index (χ3n) is 3.45. The quantitative estimate of drug-likeness (QED) is 0.419. The van der Waals surface area contributed by atoms with Gasteiger partial charge < -0.3 is 10.1 Å². The maximum atomic E-state index is 10.9. The number of ether oxygens (including phenoxy) is 1. The molecular formula is C17H11N3O3S. The van der Waals surface area contributed by atoms with Crippen LogP contribution in [0.5, 0.6) is 11.5 Å². The Balaban J connectivity index is 1.63. The highest BCUT2D eigenvalue weighted by Crippen LogP contribution is 2.45. The van der Waals surface area contributed by atoms with Gasteiger partial charge >= 0.3 is 0 Å². The van der Waals surface area contributed by atoms with E-state index in [1.165, 1.54) is 24.0 Å². The zero-order valence-electron chi connectivity index (χ0n) is 12.3. The van der Waals surface area contributed by atoms with Crippen LogP contribution in [0, 0.1) is 10.1 Å². The summed E-state index contributed by atoms with van der Waals surface area (Å²) in [5.41, 5.74) is 0.873. The molecule has 0 bridgehead atoms. The topological polar surface area (TPSA) is 77.3 Å². The second-order valence-corrected chi connectivity index (χ2v) is 6.18. The molecule has 2 heterocycles. The molecule has 1 aromatic heterocycles. The molecule has 1 aliphatic rings. The molecule has 1 N–H and O–H groups in total. The van der Waals surface area contributed by atoms with Gasteiger partial charge in [0.05, 0.1) is 15.5 Å². The van der Waals surface area contributed by atoms with E-state index in [4.69, 9.17) is 4.74 Å². The van der Waals surface area contributed by atoms with Gasteiger partial charge in [-0.15, -0.1) is 0 Å². The van der Waals surface area contributed by atoms with Crippen LogP contribution < -0.4 is 10.1 Å². The van der Waals surface area contributed by atoms with Crippen molar-refractivity contribution in [3.63, 3.8) is 0 Å². The lowest BCUT2D eigenvalue weighted by atomic mass is 10.2. The van der Waals surface area contributed by atoms with Crippen LogP contribution in [0.3, 0.4) is 0 Å². The molecule has 3 aromatic rings. The van der Waals surface area contributed by atoms with Crippen molar-refractivity contribution in [2.45, 2.75) is 9.79 Å². The van der Waals surface area contributed by atoms with Crippen LogP contribution in [0.4, 0.5) is 17.2 Å². The summed E-state index contributed by atoms with van der Waals surface area (Å²) in [6.45, 7) is 0. The summed E-state index contributed by atoms with van der Waals surface area (Å²) in [6.07, 6.45) is 1.25. The number of hydrogen-bond acceptors (Lipinski definition) is 6. The molecule has 6 nitrogen and oxygen atoms in total. The van der Waals surface area contributed by atoms with Crippen molar-refractivity contribution in [2.75, 3.05) is 5.32 Å². The minimum atomic E-state index is -0.446. The lowest BCUT2D eigenvalue weighted by Gasteiger charge is -2.20. The average Bonchev–Trinajstić information content (AvgIpc) is 2.60. The number of nitro groups is 1. The molecule has 0 amide bonds. The Morgan fingerprint density at radius 1 is 1.04 bits per heavy atom. The third kappa shape index (κ3) is 2.77. The second kappa shape index (κ2) is 5.86. The van der Waals surface area contributed by atoms with E-state index in [0.29, 0.717) is 16.5 Å². The van der Waals surface area contributed by atoms with Gasteiger partial charge in [-0.25, -0.2) is 4.98 Å². The Hall–Kier alpha value is -3.06. The number of fused-ring (bicyclic) bond motifs is 2. The van der Waals surface area contributed by atoms with Gasteiger partial charge in [0.1, 0.15) is 23.5 Å². The number of nitrogens with zero attached hydrogens (tertiary/aromatic N) is 2. The summed E-state index contributed by atoms with van der Waals surface area (Å²) in [7, 11) is 0. The van der Waals surface area contributed by atoms with Crippen LogP contribution in [0.2, 0.25) is 0 Å². The van der Waals surface area contributed by atoms with Gasteiger partial charge in [0.25, 0.3) is 5.69 Å². The minimum absolute atomic E-state index is 0.0248. The van der Waals surface area contributed by atoms with Gasteiger partial charge in [-0.05, 0) is 30.3 Å². The molecule has 0 aliphatic carbocycles. The summed E-state index contributed by atoms with van der Waals surface area (Å²) in [6, 6.07) is 16.7. The molecule has 0 unspecified atom stereocenters. The minimum Gasteiger partial charge on any atom is -0.457 e. The van der Waals surface area contributed by atoms with Gasteiger partial charge in [0, 0.05) is 11.0 Å². The van der Waals surface area contributed by atoms with E-state index in [2.05, 4.69) is 10.3 Å². The highest BCUT2D eigenvalue weighted by Gasteiger charge is 2.20. The summed E-state index contributed by atoms with van der Waals surface area (Å²) in [5.74, 6) is 2.08. The first-order chi connectivity index (χ1) is 11.7. The van der Waals surface area contributed by atoms with E-state index in [9.17, 15) is 10.1 Å². The van der Waals surface area contributed by atoms with E-state index in [1.807, 2.05) is 48.5 Å². The van der Waals surface area contributed by atoms with Crippen molar-refractivity contribution in [1.82, 2.24) is 4.98 Å². The summed E-state index contributed by atoms with van der Waals surface area (Å²) < 4.78 is 5.83. The van der Waals surface area contributed by atoms with Gasteiger partial charge in [0.15, 0.2) is 0 Å². The first-order valence-electron chi connectivity index (χ1n) is 7.15. The van der Waals surface area contributed by atoms with Gasteiger partial charge in [-0.3, -0.25) is 10.1 Å². The highest BCUT2D eigenvalue weighted by atomic mass is 32.2. The number of benzene rings is 2. The zero-order valence-corrected chi connectivity index (χ0v) is 13.1. The zero-order chi connectivity index (χ0) is 16.5. The fourth-order valence-electron chi connectivity index (χ4n) is 2.33. The molecule has 0 fully saturated rings. The Bertz CT molecular complexity index is 932. The number of aromatic nitrogens is 1. The van der Waals surface area contributed by atoms with E-state index in [0.717, 1.165) is 16.3 Å². The molecule has 4 rings (SSSR count). The molecule has 0 atom stereocenters. The number of rotatable bonds is 3. The summed E-state index contributed by atoms with van der Waals surface area (Å²) >= 11 is 1.43. The fourth-order valence-corrected chi connectivity index (χ4v) is 3.35. The molecule has 0 radical (unpaired) electrons. The van der Waals surface area contributed by atoms with Crippen LogP contribution in [0.1, 0.15) is 0 Å². The van der Waals surface area contributed by atoms with Crippen molar-refractivity contribution in [2.24, 2.45) is 0 Å². The van der Waals surface area contributed by atoms with Crippen molar-refractivity contribution in [3.05, 3.63) is 70.9 Å². The van der Waals surface area contributed by atoms with Crippen molar-refractivity contribution < 1.29 is 9.66 Å². The first-order valence-corrected chi connectivity index (χ1v) is 7.97. The monoisotopic (exact) mass is 337 g/mol. The van der Waals surface area contributed by atoms with E-state index < -0.39 is 4.92 Å². The predicted molar refractivity (Wildman–Crippen MR) is 91.3 cm³/mol. The molecule has 118 valence electrons. The Morgan fingerprint density at radius 2 is 1.88 bits per heavy atom. The SMILES string of the molecule is O=[N+]([O-])c1cnc2c(c1)Sc1cc(Oc3ccccc3)ccc1N2. The van der Waals surface area contributed by atoms with Gasteiger partial charge in [-0.1, -0.05) is 30.0 Å². The van der Waals surface area contributed by atoms with Gasteiger partial charge in [-0.2, -0.15) is 0 Å². The maximum absolute atomic E-state index is 10.9. The van der Waals surface area contributed by atoms with Crippen molar-refractivity contribution >= 4 is 29.0 Å². The lowest BCUT2D eigenvalue weighted by Crippen LogP contribution is -2.03. The van der Waals surface area contributed by atoms with E-state index in [-0.39, 0.29) is 5.69 Å². The summed E-state index contributed by atoms with van der Waals surface area (Å²) in [5, 5.41) is 14.1. The largest absolute Gasteiger partial charge is 0.457 e. The lowest BCUT2D eigenvalue weighted by molar-refractivity contribution is -0.385. The molecule has 7 heteroatoms. The van der Waals surface area contributed by atoms with Crippen LogP contribution in [-0.4, -0.2) is 9.91 Å². The maximum Gasteiger partial charge on any atom is 0.288 e. The first kappa shape index (κ1) is 14.5. The number of anilines is 2. The highest BCUT2D eigenvalue weighted by molar-refractivity contribution is 7.99. The van der Waals surface area contributed by atoms with Crippen LogP contribution >= 0.6 is 11.8 Å². The number of hydrogen-bond donors (Lipinski definition) is 1. The average molecular weight is 337 g/mol. The second-order valence-electron chi connectivity index (χ2n) is 5.10. The number of nitrogens with one attached hydrogen (secondary N) is 1. The van der Waals surface area contributed by atoms with Gasteiger partial charge in [0.2, 0.25) is 0 Å². The fraction of sp³-hybridized carbons (Fsp3) is 0. The number of para-hydroxylation sites is 1. The summed E-state index contributed by atoms with van der Waals surface area (Å²) in [4.78, 5) is 16.2. The standard InChI is InChI=1S/C17H11N3O3S/c21-20(22)11-8-16-17(18-10-11)19-14-7-6-13(9-15(14)24-16)23-12-4-2-1-3-5-12/h1-10H,(H,18,19). The molecule has 0 spiro atoms. The molecule has 0 saturated carbocycles. The predicted octanol–water partition coefficient (Wildman–Crippen LogP) is 4.99. The molecule has 24 heavy (non-hydrogen) atoms. The van der Waals surface area contributed by atoms with Crippen LogP contribution in [-0.2, 0) is 0 Å². The van der Waals surface area contributed by atoms with Crippen LogP contribution in [0.15, 0.2) is 70.6 Å². The Morgan fingerprint density at radius 3 is 2.67 bits per heavy atom. The Labute approximate surface area is 141 Å². The third-order valence-corrected chi connectivity index (χ3v) is 4.54. The molecular weight excluding hydrogens is 326 g/mol. The van der Waals surface area contributed by atoms with Crippen LogP contribution in [0.25, 0.3) is 0 Å². The smallest absolute Gasteiger partial charge is 0.288 e. The molecule has 1 aliphatic heterocycles. The normalized spacial score (nSPS) is 11.8. The molecule has 2 aromatic carbocycles. The van der Waals surface area contributed by atoms with E-state index in [1.54, 1.807) is 0 Å². The van der Waals surface area contributed by atoms with Crippen molar-refractivity contribution in [3.8, 4) is 11.5 Å². The van der Waals surface area contributed by atoms with E-state index >= 15 is 0 Å². The van der Waals surface area contributed by atoms with Crippen molar-refractivity contribution in [1.29, 1.82) is 0 Å².